The van der Waals surface area contributed by atoms with Gasteiger partial charge in [-0.3, -0.25) is 0 Å². The highest BCUT2D eigenvalue weighted by molar-refractivity contribution is 5.42. The Morgan fingerprint density at radius 1 is 1.37 bits per heavy atom. The summed E-state index contributed by atoms with van der Waals surface area (Å²) in [5.74, 6) is 1.44. The van der Waals surface area contributed by atoms with E-state index in [9.17, 15) is 0 Å². The normalized spacial score (nSPS) is 29.9. The summed E-state index contributed by atoms with van der Waals surface area (Å²) >= 11 is 0. The number of rotatable bonds is 2. The summed E-state index contributed by atoms with van der Waals surface area (Å²) < 4.78 is 11.5. The minimum Gasteiger partial charge on any atom is -0.487 e. The molecule has 0 aliphatic carbocycles. The SMILES string of the molecule is CC1OCCC1C(N)c1ccc2c(c1)CC(C)(C)O2. The molecule has 0 radical (unpaired) electrons. The van der Waals surface area contributed by atoms with E-state index in [2.05, 4.69) is 39.0 Å². The monoisotopic (exact) mass is 261 g/mol. The number of fused-ring (bicyclic) bond motifs is 1. The average molecular weight is 261 g/mol. The number of nitrogens with two attached hydrogens (primary N) is 1. The van der Waals surface area contributed by atoms with Crippen LogP contribution in [0.4, 0.5) is 0 Å². The van der Waals surface area contributed by atoms with E-state index in [0.29, 0.717) is 5.92 Å². The molecule has 2 N–H and O–H groups in total. The van der Waals surface area contributed by atoms with Crippen LogP contribution in [0.2, 0.25) is 0 Å². The third-order valence-corrected chi connectivity index (χ3v) is 4.37. The first-order chi connectivity index (χ1) is 8.96. The van der Waals surface area contributed by atoms with Gasteiger partial charge in [-0.2, -0.15) is 0 Å². The Labute approximate surface area is 115 Å². The first-order valence-electron chi connectivity index (χ1n) is 7.15. The van der Waals surface area contributed by atoms with Gasteiger partial charge in [-0.05, 0) is 44.4 Å². The molecule has 2 aliphatic heterocycles. The number of hydrogen-bond donors (Lipinski definition) is 1. The molecule has 3 heteroatoms. The van der Waals surface area contributed by atoms with Crippen LogP contribution >= 0.6 is 0 Å². The lowest BCUT2D eigenvalue weighted by Gasteiger charge is -2.22. The van der Waals surface area contributed by atoms with Crippen molar-refractivity contribution in [2.24, 2.45) is 11.7 Å². The van der Waals surface area contributed by atoms with Gasteiger partial charge in [0.25, 0.3) is 0 Å². The van der Waals surface area contributed by atoms with Crippen LogP contribution < -0.4 is 10.5 Å². The second kappa shape index (κ2) is 4.50. The molecule has 104 valence electrons. The molecule has 2 heterocycles. The fourth-order valence-corrected chi connectivity index (χ4v) is 3.30. The van der Waals surface area contributed by atoms with Crippen molar-refractivity contribution in [3.05, 3.63) is 29.3 Å². The Balaban J connectivity index is 1.83. The maximum absolute atomic E-state index is 6.43. The molecule has 3 atom stereocenters. The zero-order valence-corrected chi connectivity index (χ0v) is 12.0. The summed E-state index contributed by atoms with van der Waals surface area (Å²) in [7, 11) is 0. The predicted molar refractivity (Wildman–Crippen MR) is 75.3 cm³/mol. The van der Waals surface area contributed by atoms with Crippen molar-refractivity contribution >= 4 is 0 Å². The van der Waals surface area contributed by atoms with Crippen molar-refractivity contribution in [2.45, 2.75) is 51.4 Å². The van der Waals surface area contributed by atoms with Crippen LogP contribution in [0.1, 0.15) is 44.4 Å². The second-order valence-electron chi connectivity index (χ2n) is 6.46. The molecular formula is C16H23NO2. The summed E-state index contributed by atoms with van der Waals surface area (Å²) in [6.45, 7) is 7.21. The fourth-order valence-electron chi connectivity index (χ4n) is 3.30. The van der Waals surface area contributed by atoms with E-state index in [4.69, 9.17) is 15.2 Å². The highest BCUT2D eigenvalue weighted by atomic mass is 16.5. The average Bonchev–Trinajstić information content (AvgIpc) is 2.88. The number of ether oxygens (including phenoxy) is 2. The second-order valence-corrected chi connectivity index (χ2v) is 6.46. The molecule has 3 rings (SSSR count). The molecule has 3 unspecified atom stereocenters. The van der Waals surface area contributed by atoms with Crippen LogP contribution in [0.3, 0.4) is 0 Å². The molecule has 1 fully saturated rings. The topological polar surface area (TPSA) is 44.5 Å². The summed E-state index contributed by atoms with van der Waals surface area (Å²) in [6, 6.07) is 6.46. The van der Waals surface area contributed by atoms with Gasteiger partial charge in [0.15, 0.2) is 0 Å². The van der Waals surface area contributed by atoms with Crippen molar-refractivity contribution < 1.29 is 9.47 Å². The first kappa shape index (κ1) is 12.9. The van der Waals surface area contributed by atoms with E-state index < -0.39 is 0 Å². The van der Waals surface area contributed by atoms with Gasteiger partial charge in [-0.1, -0.05) is 12.1 Å². The Hall–Kier alpha value is -1.06. The minimum atomic E-state index is -0.0885. The Morgan fingerprint density at radius 3 is 2.84 bits per heavy atom. The van der Waals surface area contributed by atoms with E-state index in [1.807, 2.05) is 0 Å². The van der Waals surface area contributed by atoms with Gasteiger partial charge in [0.2, 0.25) is 0 Å². The lowest BCUT2D eigenvalue weighted by atomic mass is 9.88. The molecule has 0 aromatic heterocycles. The third-order valence-electron chi connectivity index (χ3n) is 4.37. The zero-order valence-electron chi connectivity index (χ0n) is 12.0. The van der Waals surface area contributed by atoms with E-state index in [0.717, 1.165) is 25.2 Å². The van der Waals surface area contributed by atoms with Crippen LogP contribution in [0, 0.1) is 5.92 Å². The van der Waals surface area contributed by atoms with Gasteiger partial charge < -0.3 is 15.2 Å². The molecule has 0 saturated carbocycles. The zero-order chi connectivity index (χ0) is 13.6. The molecule has 1 aromatic rings. The van der Waals surface area contributed by atoms with Crippen molar-refractivity contribution in [1.29, 1.82) is 0 Å². The van der Waals surface area contributed by atoms with E-state index >= 15 is 0 Å². The molecule has 0 bridgehead atoms. The van der Waals surface area contributed by atoms with Gasteiger partial charge in [0.05, 0.1) is 6.10 Å². The third kappa shape index (κ3) is 2.37. The Kier molecular flexibility index (Phi) is 3.06. The quantitative estimate of drug-likeness (QED) is 0.890. The molecule has 0 amide bonds. The van der Waals surface area contributed by atoms with Crippen LogP contribution in [-0.2, 0) is 11.2 Å². The van der Waals surface area contributed by atoms with Gasteiger partial charge in [0, 0.05) is 25.0 Å². The van der Waals surface area contributed by atoms with E-state index in [1.54, 1.807) is 0 Å². The van der Waals surface area contributed by atoms with Crippen LogP contribution in [0.15, 0.2) is 18.2 Å². The highest BCUT2D eigenvalue weighted by Crippen LogP contribution is 2.38. The Morgan fingerprint density at radius 2 is 2.16 bits per heavy atom. The van der Waals surface area contributed by atoms with Gasteiger partial charge in [-0.25, -0.2) is 0 Å². The van der Waals surface area contributed by atoms with Gasteiger partial charge in [0.1, 0.15) is 11.4 Å². The van der Waals surface area contributed by atoms with Crippen molar-refractivity contribution in [3.63, 3.8) is 0 Å². The first-order valence-corrected chi connectivity index (χ1v) is 7.15. The molecule has 0 spiro atoms. The fraction of sp³-hybridized carbons (Fsp3) is 0.625. The molecule has 19 heavy (non-hydrogen) atoms. The predicted octanol–water partition coefficient (Wildman–Crippen LogP) is 2.82. The molecule has 1 saturated heterocycles. The standard InChI is InChI=1S/C16H23NO2/c1-10-13(6-7-18-10)15(17)11-4-5-14-12(8-11)9-16(2,3)19-14/h4-5,8,10,13,15H,6-7,9,17H2,1-3H3. The van der Waals surface area contributed by atoms with Gasteiger partial charge in [-0.15, -0.1) is 0 Å². The molecule has 3 nitrogen and oxygen atoms in total. The summed E-state index contributed by atoms with van der Waals surface area (Å²) in [4.78, 5) is 0. The van der Waals surface area contributed by atoms with Crippen LogP contribution in [0.5, 0.6) is 5.75 Å². The van der Waals surface area contributed by atoms with Crippen LogP contribution in [0.25, 0.3) is 0 Å². The van der Waals surface area contributed by atoms with Crippen LogP contribution in [-0.4, -0.2) is 18.3 Å². The van der Waals surface area contributed by atoms with Gasteiger partial charge >= 0.3 is 0 Å². The van der Waals surface area contributed by atoms with E-state index in [1.165, 1.54) is 11.1 Å². The maximum atomic E-state index is 6.43. The highest BCUT2D eigenvalue weighted by Gasteiger charge is 2.33. The lowest BCUT2D eigenvalue weighted by molar-refractivity contribution is 0.0995. The largest absolute Gasteiger partial charge is 0.487 e. The van der Waals surface area contributed by atoms with Crippen molar-refractivity contribution in [1.82, 2.24) is 0 Å². The lowest BCUT2D eigenvalue weighted by Crippen LogP contribution is -2.26. The van der Waals surface area contributed by atoms with E-state index in [-0.39, 0.29) is 17.7 Å². The Bertz CT molecular complexity index is 484. The minimum absolute atomic E-state index is 0.0616. The number of hydrogen-bond acceptors (Lipinski definition) is 3. The van der Waals surface area contributed by atoms with Crippen molar-refractivity contribution in [2.75, 3.05) is 6.61 Å². The number of benzene rings is 1. The van der Waals surface area contributed by atoms with Crippen molar-refractivity contribution in [3.8, 4) is 5.75 Å². The summed E-state index contributed by atoms with van der Waals surface area (Å²) in [5, 5.41) is 0. The maximum Gasteiger partial charge on any atom is 0.123 e. The molecule has 2 aliphatic rings. The smallest absolute Gasteiger partial charge is 0.123 e. The summed E-state index contributed by atoms with van der Waals surface area (Å²) in [5.41, 5.74) is 8.84. The molecule has 1 aromatic carbocycles. The molecular weight excluding hydrogens is 238 g/mol. The summed E-state index contributed by atoms with van der Waals surface area (Å²) in [6.07, 6.45) is 2.28.